The first-order valence-electron chi connectivity index (χ1n) is 11.2. The first kappa shape index (κ1) is 17.8. The SMILES string of the molecule is CC/C=C/CC1CCC2C3CCC4CC(=O)CCC4(C)C3CCC12C. The van der Waals surface area contributed by atoms with Gasteiger partial charge in [0.25, 0.3) is 0 Å². The number of hydrogen-bond acceptors (Lipinski definition) is 1. The molecule has 7 unspecified atom stereocenters. The summed E-state index contributed by atoms with van der Waals surface area (Å²) in [6, 6.07) is 0. The van der Waals surface area contributed by atoms with Gasteiger partial charge in [-0.1, -0.05) is 32.9 Å². The van der Waals surface area contributed by atoms with E-state index < -0.39 is 0 Å². The highest BCUT2D eigenvalue weighted by Crippen LogP contribution is 2.67. The Morgan fingerprint density at radius 1 is 0.960 bits per heavy atom. The van der Waals surface area contributed by atoms with Crippen molar-refractivity contribution in [1.82, 2.24) is 0 Å². The second-order valence-corrected chi connectivity index (χ2v) is 10.3. The molecule has 1 heteroatoms. The third-order valence-electron chi connectivity index (χ3n) is 9.50. The first-order chi connectivity index (χ1) is 12.0. The zero-order valence-electron chi connectivity index (χ0n) is 16.7. The standard InChI is InChI=1S/C24H38O/c1-4-5-6-7-17-9-11-21-20-10-8-18-16-19(25)12-14-24(18,3)22(20)13-15-23(17,21)2/h5-6,17-18,20-22H,4,7-16H2,1-3H3/b6-5+. The molecule has 0 spiro atoms. The molecule has 4 saturated carbocycles. The van der Waals surface area contributed by atoms with Gasteiger partial charge in [-0.15, -0.1) is 0 Å². The van der Waals surface area contributed by atoms with Crippen molar-refractivity contribution in [3.8, 4) is 0 Å². The van der Waals surface area contributed by atoms with Gasteiger partial charge in [0, 0.05) is 12.8 Å². The second-order valence-electron chi connectivity index (χ2n) is 10.3. The number of allylic oxidation sites excluding steroid dienone is 2. The molecular formula is C24H38O. The molecule has 0 aromatic heterocycles. The zero-order valence-corrected chi connectivity index (χ0v) is 16.7. The van der Waals surface area contributed by atoms with Gasteiger partial charge in [0.1, 0.15) is 5.78 Å². The third-order valence-corrected chi connectivity index (χ3v) is 9.50. The Morgan fingerprint density at radius 2 is 1.76 bits per heavy atom. The Balaban J connectivity index is 1.54. The largest absolute Gasteiger partial charge is 0.300 e. The quantitative estimate of drug-likeness (QED) is 0.530. The van der Waals surface area contributed by atoms with E-state index in [4.69, 9.17) is 0 Å². The summed E-state index contributed by atoms with van der Waals surface area (Å²) in [5.74, 6) is 4.98. The van der Waals surface area contributed by atoms with Gasteiger partial charge >= 0.3 is 0 Å². The molecule has 4 aliphatic rings. The molecule has 0 saturated heterocycles. The highest BCUT2D eigenvalue weighted by molar-refractivity contribution is 5.79. The van der Waals surface area contributed by atoms with E-state index in [1.54, 1.807) is 0 Å². The van der Waals surface area contributed by atoms with Crippen LogP contribution in [0, 0.1) is 40.4 Å². The van der Waals surface area contributed by atoms with Crippen molar-refractivity contribution < 1.29 is 4.79 Å². The van der Waals surface area contributed by atoms with Crippen LogP contribution < -0.4 is 0 Å². The molecule has 0 aromatic rings. The van der Waals surface area contributed by atoms with Crippen LogP contribution in [0.15, 0.2) is 12.2 Å². The molecule has 0 amide bonds. The molecule has 0 radical (unpaired) electrons. The first-order valence-corrected chi connectivity index (χ1v) is 11.2. The van der Waals surface area contributed by atoms with Crippen molar-refractivity contribution in [1.29, 1.82) is 0 Å². The minimum absolute atomic E-state index is 0.471. The van der Waals surface area contributed by atoms with Gasteiger partial charge in [-0.25, -0.2) is 0 Å². The van der Waals surface area contributed by atoms with Crippen molar-refractivity contribution in [3.05, 3.63) is 12.2 Å². The van der Waals surface area contributed by atoms with Gasteiger partial charge in [-0.3, -0.25) is 4.79 Å². The Hall–Kier alpha value is -0.590. The van der Waals surface area contributed by atoms with Crippen LogP contribution in [0.4, 0.5) is 0 Å². The maximum atomic E-state index is 12.0. The smallest absolute Gasteiger partial charge is 0.133 e. The van der Waals surface area contributed by atoms with Crippen LogP contribution in [0.1, 0.15) is 91.4 Å². The van der Waals surface area contributed by atoms with E-state index in [1.807, 2.05) is 0 Å². The van der Waals surface area contributed by atoms with Crippen LogP contribution in [0.3, 0.4) is 0 Å². The molecule has 4 rings (SSSR count). The lowest BCUT2D eigenvalue weighted by Crippen LogP contribution is -2.53. The molecule has 0 heterocycles. The highest BCUT2D eigenvalue weighted by atomic mass is 16.1. The Kier molecular flexibility index (Phi) is 4.66. The molecule has 0 aliphatic heterocycles. The minimum atomic E-state index is 0.471. The summed E-state index contributed by atoms with van der Waals surface area (Å²) in [5, 5.41) is 0. The summed E-state index contributed by atoms with van der Waals surface area (Å²) < 4.78 is 0. The van der Waals surface area contributed by atoms with Gasteiger partial charge in [-0.05, 0) is 98.2 Å². The van der Waals surface area contributed by atoms with Crippen molar-refractivity contribution in [3.63, 3.8) is 0 Å². The fourth-order valence-corrected chi connectivity index (χ4v) is 7.97. The monoisotopic (exact) mass is 342 g/mol. The number of hydrogen-bond donors (Lipinski definition) is 0. The summed E-state index contributed by atoms with van der Waals surface area (Å²) in [4.78, 5) is 12.0. The highest BCUT2D eigenvalue weighted by Gasteiger charge is 2.59. The number of fused-ring (bicyclic) bond motifs is 5. The predicted molar refractivity (Wildman–Crippen MR) is 104 cm³/mol. The molecule has 0 N–H and O–H groups in total. The van der Waals surface area contributed by atoms with Crippen LogP contribution in [0.2, 0.25) is 0 Å². The van der Waals surface area contributed by atoms with Crippen molar-refractivity contribution >= 4 is 5.78 Å². The van der Waals surface area contributed by atoms with Crippen LogP contribution >= 0.6 is 0 Å². The van der Waals surface area contributed by atoms with E-state index in [0.29, 0.717) is 22.5 Å². The number of carbonyl (C=O) groups is 1. The summed E-state index contributed by atoms with van der Waals surface area (Å²) in [6.07, 6.45) is 18.8. The lowest BCUT2D eigenvalue weighted by Gasteiger charge is -2.60. The van der Waals surface area contributed by atoms with Crippen LogP contribution in [0.25, 0.3) is 0 Å². The van der Waals surface area contributed by atoms with E-state index in [2.05, 4.69) is 32.9 Å². The average molecular weight is 343 g/mol. The minimum Gasteiger partial charge on any atom is -0.300 e. The van der Waals surface area contributed by atoms with Crippen LogP contribution in [-0.4, -0.2) is 5.78 Å². The lowest BCUT2D eigenvalue weighted by molar-refractivity contribution is -0.139. The Morgan fingerprint density at radius 3 is 2.56 bits per heavy atom. The number of Topliss-reactive ketones (excluding diaryl/α,β-unsaturated/α-hetero) is 1. The maximum absolute atomic E-state index is 12.0. The molecule has 7 atom stereocenters. The van der Waals surface area contributed by atoms with Crippen LogP contribution in [0.5, 0.6) is 0 Å². The van der Waals surface area contributed by atoms with Crippen LogP contribution in [-0.2, 0) is 4.79 Å². The number of rotatable bonds is 3. The summed E-state index contributed by atoms with van der Waals surface area (Å²) in [6.45, 7) is 7.46. The van der Waals surface area contributed by atoms with Crippen molar-refractivity contribution in [2.75, 3.05) is 0 Å². The Labute approximate surface area is 155 Å². The Bertz CT molecular complexity index is 548. The molecule has 140 valence electrons. The van der Waals surface area contributed by atoms with Crippen molar-refractivity contribution in [2.24, 2.45) is 40.4 Å². The van der Waals surface area contributed by atoms with E-state index in [9.17, 15) is 4.79 Å². The molecule has 4 fully saturated rings. The topological polar surface area (TPSA) is 17.1 Å². The summed E-state index contributed by atoms with van der Waals surface area (Å²) in [7, 11) is 0. The third kappa shape index (κ3) is 2.76. The molecule has 4 aliphatic carbocycles. The van der Waals surface area contributed by atoms with E-state index in [0.717, 1.165) is 36.5 Å². The van der Waals surface area contributed by atoms with Gasteiger partial charge in [0.15, 0.2) is 0 Å². The average Bonchev–Trinajstić information content (AvgIpc) is 2.92. The maximum Gasteiger partial charge on any atom is 0.133 e. The fourth-order valence-electron chi connectivity index (χ4n) is 7.97. The fraction of sp³-hybridized carbons (Fsp3) is 0.875. The summed E-state index contributed by atoms with van der Waals surface area (Å²) in [5.41, 5.74) is 1.06. The van der Waals surface area contributed by atoms with E-state index in [1.165, 1.54) is 57.8 Å². The second kappa shape index (κ2) is 6.54. The van der Waals surface area contributed by atoms with Gasteiger partial charge in [0.2, 0.25) is 0 Å². The van der Waals surface area contributed by atoms with Gasteiger partial charge in [0.05, 0.1) is 0 Å². The predicted octanol–water partition coefficient (Wildman–Crippen LogP) is 6.57. The number of carbonyl (C=O) groups excluding carboxylic acids is 1. The zero-order chi connectivity index (χ0) is 17.7. The molecular weight excluding hydrogens is 304 g/mol. The van der Waals surface area contributed by atoms with Gasteiger partial charge < -0.3 is 0 Å². The lowest BCUT2D eigenvalue weighted by atomic mass is 9.44. The number of ketones is 1. The molecule has 0 bridgehead atoms. The summed E-state index contributed by atoms with van der Waals surface area (Å²) >= 11 is 0. The molecule has 1 nitrogen and oxygen atoms in total. The van der Waals surface area contributed by atoms with Gasteiger partial charge in [-0.2, -0.15) is 0 Å². The normalized spacial score (nSPS) is 49.7. The molecule has 0 aromatic carbocycles. The van der Waals surface area contributed by atoms with E-state index in [-0.39, 0.29) is 0 Å². The molecule has 25 heavy (non-hydrogen) atoms. The van der Waals surface area contributed by atoms with Crippen molar-refractivity contribution in [2.45, 2.75) is 91.4 Å². The van der Waals surface area contributed by atoms with E-state index >= 15 is 0 Å².